The van der Waals surface area contributed by atoms with Gasteiger partial charge in [0.15, 0.2) is 0 Å². The maximum atomic E-state index is 13.5. The number of ether oxygens (including phenoxy) is 2. The van der Waals surface area contributed by atoms with Crippen LogP contribution in [0.1, 0.15) is 12.0 Å². The molecule has 1 atom stereocenters. The lowest BCUT2D eigenvalue weighted by Crippen LogP contribution is -2.45. The Kier molecular flexibility index (Phi) is 6.51. The number of anilines is 2. The summed E-state index contributed by atoms with van der Waals surface area (Å²) in [4.78, 5) is 24.4. The monoisotopic (exact) mass is 515 g/mol. The van der Waals surface area contributed by atoms with Crippen molar-refractivity contribution in [1.29, 1.82) is 0 Å². The second-order valence-corrected chi connectivity index (χ2v) is 9.68. The van der Waals surface area contributed by atoms with Gasteiger partial charge in [-0.3, -0.25) is 14.4 Å². The second-order valence-electron chi connectivity index (χ2n) is 7.81. The van der Waals surface area contributed by atoms with E-state index in [0.717, 1.165) is 22.5 Å². The van der Waals surface area contributed by atoms with Crippen molar-refractivity contribution >= 4 is 33.4 Å². The number of carbonyl (C=O) groups excluding carboxylic acids is 1. The summed E-state index contributed by atoms with van der Waals surface area (Å²) in [6, 6.07) is 7.13. The number of fused-ring (bicyclic) bond motifs is 1. The Bertz CT molecular complexity index is 1250. The van der Waals surface area contributed by atoms with Gasteiger partial charge in [0.2, 0.25) is 5.91 Å². The molecule has 2 aliphatic heterocycles. The van der Waals surface area contributed by atoms with Gasteiger partial charge in [-0.15, -0.1) is 0 Å². The number of nitrogens with one attached hydrogen (secondary N) is 1. The minimum atomic E-state index is -4.76. The average molecular weight is 515 g/mol. The lowest BCUT2D eigenvalue weighted by atomic mass is 10.1. The van der Waals surface area contributed by atoms with Gasteiger partial charge in [-0.1, -0.05) is 6.07 Å². The third-order valence-corrected chi connectivity index (χ3v) is 7.17. The molecule has 0 spiro atoms. The number of benzene rings is 2. The van der Waals surface area contributed by atoms with Crippen molar-refractivity contribution in [3.63, 3.8) is 0 Å². The maximum Gasteiger partial charge on any atom is 0.416 e. The highest BCUT2D eigenvalue weighted by Crippen LogP contribution is 2.40. The van der Waals surface area contributed by atoms with Crippen molar-refractivity contribution < 1.29 is 45.8 Å². The van der Waals surface area contributed by atoms with E-state index in [1.54, 1.807) is 0 Å². The van der Waals surface area contributed by atoms with E-state index in [-0.39, 0.29) is 42.7 Å². The highest BCUT2D eigenvalue weighted by Gasteiger charge is 2.38. The first-order valence-electron chi connectivity index (χ1n) is 10.3. The number of carboxylic acid groups (broad SMARTS) is 1. The number of amides is 2. The lowest BCUT2D eigenvalue weighted by Gasteiger charge is -2.36. The van der Waals surface area contributed by atoms with Gasteiger partial charge in [0.1, 0.15) is 18.6 Å². The van der Waals surface area contributed by atoms with Crippen molar-refractivity contribution in [1.82, 2.24) is 4.90 Å². The van der Waals surface area contributed by atoms with Crippen LogP contribution >= 0.6 is 0 Å². The summed E-state index contributed by atoms with van der Waals surface area (Å²) in [7, 11) is -4.56. The van der Waals surface area contributed by atoms with Crippen LogP contribution in [-0.4, -0.2) is 63.0 Å². The number of alkyl halides is 3. The van der Waals surface area contributed by atoms with Gasteiger partial charge in [-0.25, -0.2) is 13.2 Å². The standard InChI is InChI=1S/C21H20F3N3O7S/c22-21(23,24)13-2-1-3-16(8-13)35(31,32)27-11-15(10-19(28)26-6-7-33-12-26)34-18-5-4-14(9-17(18)27)25-20(29)30/h1-5,8-9,15,25H,6-7,10-12H2,(H,29,30). The lowest BCUT2D eigenvalue weighted by molar-refractivity contribution is -0.137. The fraction of sp³-hybridized carbons (Fsp3) is 0.333. The molecule has 2 aromatic carbocycles. The summed E-state index contributed by atoms with van der Waals surface area (Å²) in [5.74, 6) is -0.310. The molecule has 188 valence electrons. The van der Waals surface area contributed by atoms with E-state index < -0.39 is 38.9 Å². The molecule has 35 heavy (non-hydrogen) atoms. The van der Waals surface area contributed by atoms with Gasteiger partial charge in [0, 0.05) is 12.2 Å². The van der Waals surface area contributed by atoms with Crippen LogP contribution in [-0.2, 0) is 25.7 Å². The summed E-state index contributed by atoms with van der Waals surface area (Å²) in [5.41, 5.74) is -1.20. The third-order valence-electron chi connectivity index (χ3n) is 5.40. The van der Waals surface area contributed by atoms with Gasteiger partial charge in [-0.05, 0) is 36.4 Å². The third kappa shape index (κ3) is 5.27. The Morgan fingerprint density at radius 1 is 1.17 bits per heavy atom. The molecule has 0 aliphatic carbocycles. The molecule has 2 heterocycles. The van der Waals surface area contributed by atoms with Crippen LogP contribution in [0.2, 0.25) is 0 Å². The summed E-state index contributed by atoms with van der Waals surface area (Å²) in [5, 5.41) is 11.1. The van der Waals surface area contributed by atoms with Gasteiger partial charge in [0.25, 0.3) is 10.0 Å². The summed E-state index contributed by atoms with van der Waals surface area (Å²) in [6.07, 6.45) is -7.31. The van der Waals surface area contributed by atoms with E-state index in [4.69, 9.17) is 14.6 Å². The van der Waals surface area contributed by atoms with Crippen molar-refractivity contribution in [2.45, 2.75) is 23.6 Å². The van der Waals surface area contributed by atoms with E-state index >= 15 is 0 Å². The number of hydrogen-bond donors (Lipinski definition) is 2. The zero-order valence-electron chi connectivity index (χ0n) is 18.0. The Morgan fingerprint density at radius 2 is 1.94 bits per heavy atom. The largest absolute Gasteiger partial charge is 0.486 e. The fourth-order valence-electron chi connectivity index (χ4n) is 3.74. The van der Waals surface area contributed by atoms with Crippen LogP contribution in [0.5, 0.6) is 5.75 Å². The van der Waals surface area contributed by atoms with Crippen molar-refractivity contribution in [2.24, 2.45) is 0 Å². The highest BCUT2D eigenvalue weighted by atomic mass is 32.2. The minimum absolute atomic E-state index is 0.0211. The van der Waals surface area contributed by atoms with Crippen LogP contribution < -0.4 is 14.4 Å². The number of hydrogen-bond acceptors (Lipinski definition) is 6. The normalized spacial score (nSPS) is 18.1. The number of nitrogens with zero attached hydrogens (tertiary/aromatic N) is 2. The zero-order chi connectivity index (χ0) is 25.4. The summed E-state index contributed by atoms with van der Waals surface area (Å²) >= 11 is 0. The average Bonchev–Trinajstić information content (AvgIpc) is 3.33. The molecule has 10 nitrogen and oxygen atoms in total. The molecule has 2 aliphatic rings. The predicted octanol–water partition coefficient (Wildman–Crippen LogP) is 2.96. The number of rotatable bonds is 5. The van der Waals surface area contributed by atoms with Gasteiger partial charge in [-0.2, -0.15) is 13.2 Å². The molecule has 1 fully saturated rings. The number of halogens is 3. The van der Waals surface area contributed by atoms with E-state index in [1.165, 1.54) is 23.1 Å². The first-order valence-corrected chi connectivity index (χ1v) is 11.8. The molecule has 1 unspecified atom stereocenters. The van der Waals surface area contributed by atoms with Crippen LogP contribution in [0.3, 0.4) is 0 Å². The van der Waals surface area contributed by atoms with E-state index in [9.17, 15) is 31.2 Å². The van der Waals surface area contributed by atoms with Gasteiger partial charge < -0.3 is 19.5 Å². The van der Waals surface area contributed by atoms with Crippen molar-refractivity contribution in [3.05, 3.63) is 48.0 Å². The first-order chi connectivity index (χ1) is 16.4. The highest BCUT2D eigenvalue weighted by molar-refractivity contribution is 7.92. The zero-order valence-corrected chi connectivity index (χ0v) is 18.8. The van der Waals surface area contributed by atoms with Crippen molar-refractivity contribution in [2.75, 3.05) is 36.0 Å². The summed E-state index contributed by atoms with van der Waals surface area (Å²) < 4.78 is 78.5. The summed E-state index contributed by atoms with van der Waals surface area (Å²) in [6.45, 7) is 0.454. The topological polar surface area (TPSA) is 125 Å². The molecular weight excluding hydrogens is 495 g/mol. The number of sulfonamides is 1. The van der Waals surface area contributed by atoms with Crippen LogP contribution in [0.4, 0.5) is 29.3 Å². The minimum Gasteiger partial charge on any atom is -0.486 e. The Labute approximate surface area is 197 Å². The molecular formula is C21H20F3N3O7S. The molecule has 4 rings (SSSR count). The Balaban J connectivity index is 1.72. The smallest absolute Gasteiger partial charge is 0.416 e. The van der Waals surface area contributed by atoms with Crippen molar-refractivity contribution in [3.8, 4) is 5.75 Å². The van der Waals surface area contributed by atoms with E-state index in [2.05, 4.69) is 5.32 Å². The molecule has 0 bridgehead atoms. The quantitative estimate of drug-likeness (QED) is 0.627. The molecule has 2 amide bonds. The molecule has 2 N–H and O–H groups in total. The second kappa shape index (κ2) is 9.26. The first kappa shape index (κ1) is 24.6. The van der Waals surface area contributed by atoms with Crippen LogP contribution in [0.15, 0.2) is 47.4 Å². The molecule has 14 heteroatoms. The Hall–Kier alpha value is -3.52. The molecule has 2 aromatic rings. The molecule has 1 saturated heterocycles. The van der Waals surface area contributed by atoms with Gasteiger partial charge >= 0.3 is 12.3 Å². The SMILES string of the molecule is O=C(O)Nc1ccc2c(c1)N(S(=O)(=O)c1cccc(C(F)(F)F)c1)CC(CC(=O)N1CCOC1)O2. The molecule has 0 radical (unpaired) electrons. The van der Waals surface area contributed by atoms with Gasteiger partial charge in [0.05, 0.1) is 35.7 Å². The Morgan fingerprint density at radius 3 is 2.60 bits per heavy atom. The maximum absolute atomic E-state index is 13.5. The fourth-order valence-corrected chi connectivity index (χ4v) is 5.29. The predicted molar refractivity (Wildman–Crippen MR) is 116 cm³/mol. The van der Waals surface area contributed by atoms with E-state index in [0.29, 0.717) is 19.2 Å². The number of carbonyl (C=O) groups is 2. The van der Waals surface area contributed by atoms with Crippen LogP contribution in [0, 0.1) is 0 Å². The molecule has 0 aromatic heterocycles. The van der Waals surface area contributed by atoms with Crippen LogP contribution in [0.25, 0.3) is 0 Å². The van der Waals surface area contributed by atoms with E-state index in [1.807, 2.05) is 0 Å². The molecule has 0 saturated carbocycles.